The minimum absolute atomic E-state index is 0.282. The van der Waals surface area contributed by atoms with Crippen molar-refractivity contribution in [3.63, 3.8) is 0 Å². The molecular weight excluding hydrogens is 222 g/mol. The first-order chi connectivity index (χ1) is 8.67. The van der Waals surface area contributed by atoms with Gasteiger partial charge in [-0.2, -0.15) is 0 Å². The van der Waals surface area contributed by atoms with E-state index >= 15 is 0 Å². The second kappa shape index (κ2) is 8.28. The number of ether oxygens (including phenoxy) is 1. The van der Waals surface area contributed by atoms with Crippen LogP contribution in [0.5, 0.6) is 0 Å². The summed E-state index contributed by atoms with van der Waals surface area (Å²) in [6, 6.07) is 9.16. The number of hydrogen-bond donors (Lipinski definition) is 1. The first-order valence-corrected chi connectivity index (χ1v) is 7.11. The molecule has 0 heterocycles. The van der Waals surface area contributed by atoms with E-state index in [0.717, 1.165) is 19.6 Å². The van der Waals surface area contributed by atoms with Gasteiger partial charge in [0.25, 0.3) is 0 Å². The van der Waals surface area contributed by atoms with Crippen molar-refractivity contribution in [3.05, 3.63) is 35.4 Å². The molecule has 0 aliphatic rings. The Labute approximate surface area is 112 Å². The van der Waals surface area contributed by atoms with Crippen LogP contribution in [-0.2, 0) is 11.2 Å². The van der Waals surface area contributed by atoms with E-state index in [9.17, 15) is 0 Å². The summed E-state index contributed by atoms with van der Waals surface area (Å²) in [5, 5.41) is 3.50. The molecule has 0 amide bonds. The Balaban J connectivity index is 2.73. The molecule has 102 valence electrons. The third kappa shape index (κ3) is 5.19. The predicted molar refractivity (Wildman–Crippen MR) is 77.9 cm³/mol. The third-order valence-electron chi connectivity index (χ3n) is 2.94. The molecule has 1 N–H and O–H groups in total. The molecule has 18 heavy (non-hydrogen) atoms. The summed E-state index contributed by atoms with van der Waals surface area (Å²) in [5.74, 6) is 0. The molecule has 0 aliphatic heterocycles. The van der Waals surface area contributed by atoms with Gasteiger partial charge in [-0.1, -0.05) is 44.5 Å². The van der Waals surface area contributed by atoms with Crippen molar-refractivity contribution in [2.24, 2.45) is 0 Å². The van der Waals surface area contributed by atoms with Gasteiger partial charge in [-0.15, -0.1) is 0 Å². The summed E-state index contributed by atoms with van der Waals surface area (Å²) >= 11 is 0. The SMILES string of the molecule is CCCc1cccc(C(COC(C)C)NCC)c1. The molecule has 1 aromatic rings. The highest BCUT2D eigenvalue weighted by molar-refractivity contribution is 5.26. The van der Waals surface area contributed by atoms with Gasteiger partial charge in [0.2, 0.25) is 0 Å². The fraction of sp³-hybridized carbons (Fsp3) is 0.625. The molecule has 0 aliphatic carbocycles. The van der Waals surface area contributed by atoms with Crippen molar-refractivity contribution in [1.82, 2.24) is 5.32 Å². The van der Waals surface area contributed by atoms with E-state index in [1.54, 1.807) is 0 Å². The summed E-state index contributed by atoms with van der Waals surface area (Å²) in [7, 11) is 0. The molecule has 0 radical (unpaired) electrons. The maximum absolute atomic E-state index is 5.75. The fourth-order valence-electron chi connectivity index (χ4n) is 2.06. The van der Waals surface area contributed by atoms with Crippen molar-refractivity contribution in [2.75, 3.05) is 13.2 Å². The number of rotatable bonds is 8. The molecule has 2 nitrogen and oxygen atoms in total. The Morgan fingerprint density at radius 1 is 1.22 bits per heavy atom. The highest BCUT2D eigenvalue weighted by Gasteiger charge is 2.11. The van der Waals surface area contributed by atoms with Crippen molar-refractivity contribution >= 4 is 0 Å². The molecule has 1 rings (SSSR count). The molecule has 0 spiro atoms. The van der Waals surface area contributed by atoms with Crippen molar-refractivity contribution in [2.45, 2.75) is 52.7 Å². The number of benzene rings is 1. The van der Waals surface area contributed by atoms with Gasteiger partial charge in [-0.3, -0.25) is 0 Å². The Bertz CT molecular complexity index is 336. The second-order valence-electron chi connectivity index (χ2n) is 4.99. The van der Waals surface area contributed by atoms with Gasteiger partial charge in [0.15, 0.2) is 0 Å². The van der Waals surface area contributed by atoms with Crippen LogP contribution >= 0.6 is 0 Å². The summed E-state index contributed by atoms with van der Waals surface area (Å²) < 4.78 is 5.75. The molecule has 0 bridgehead atoms. The summed E-state index contributed by atoms with van der Waals surface area (Å²) in [5.41, 5.74) is 2.76. The van der Waals surface area contributed by atoms with E-state index in [4.69, 9.17) is 4.74 Å². The van der Waals surface area contributed by atoms with Gasteiger partial charge < -0.3 is 10.1 Å². The topological polar surface area (TPSA) is 21.3 Å². The van der Waals surface area contributed by atoms with Gasteiger partial charge >= 0.3 is 0 Å². The number of likely N-dealkylation sites (N-methyl/N-ethyl adjacent to an activating group) is 1. The van der Waals surface area contributed by atoms with Crippen LogP contribution in [0.1, 0.15) is 51.3 Å². The molecule has 1 atom stereocenters. The minimum Gasteiger partial charge on any atom is -0.377 e. The van der Waals surface area contributed by atoms with Gasteiger partial charge in [0.05, 0.1) is 18.8 Å². The Morgan fingerprint density at radius 3 is 2.61 bits per heavy atom. The normalized spacial score (nSPS) is 12.9. The molecule has 0 fully saturated rings. The lowest BCUT2D eigenvalue weighted by atomic mass is 10.0. The second-order valence-corrected chi connectivity index (χ2v) is 4.99. The molecule has 0 aromatic heterocycles. The van der Waals surface area contributed by atoms with Crippen LogP contribution in [0.25, 0.3) is 0 Å². The smallest absolute Gasteiger partial charge is 0.0664 e. The zero-order valence-corrected chi connectivity index (χ0v) is 12.2. The van der Waals surface area contributed by atoms with E-state index in [-0.39, 0.29) is 6.10 Å². The van der Waals surface area contributed by atoms with Crippen molar-refractivity contribution < 1.29 is 4.74 Å². The average Bonchev–Trinajstić information content (AvgIpc) is 2.35. The maximum atomic E-state index is 5.75. The molecule has 1 unspecified atom stereocenters. The van der Waals surface area contributed by atoms with Crippen LogP contribution in [0.4, 0.5) is 0 Å². The summed E-state index contributed by atoms with van der Waals surface area (Å²) in [6.45, 7) is 10.2. The van der Waals surface area contributed by atoms with Crippen LogP contribution in [0, 0.1) is 0 Å². The van der Waals surface area contributed by atoms with E-state index in [1.165, 1.54) is 17.5 Å². The maximum Gasteiger partial charge on any atom is 0.0664 e. The van der Waals surface area contributed by atoms with Crippen LogP contribution in [0.15, 0.2) is 24.3 Å². The monoisotopic (exact) mass is 249 g/mol. The Hall–Kier alpha value is -0.860. The van der Waals surface area contributed by atoms with Crippen LogP contribution in [0.2, 0.25) is 0 Å². The molecule has 0 saturated heterocycles. The fourth-order valence-corrected chi connectivity index (χ4v) is 2.06. The summed E-state index contributed by atoms with van der Waals surface area (Å²) in [4.78, 5) is 0. The molecule has 0 saturated carbocycles. The highest BCUT2D eigenvalue weighted by atomic mass is 16.5. The molecule has 1 aromatic carbocycles. The first-order valence-electron chi connectivity index (χ1n) is 7.11. The van der Waals surface area contributed by atoms with Crippen LogP contribution in [0.3, 0.4) is 0 Å². The lowest BCUT2D eigenvalue weighted by Crippen LogP contribution is -2.26. The minimum atomic E-state index is 0.282. The van der Waals surface area contributed by atoms with E-state index < -0.39 is 0 Å². The van der Waals surface area contributed by atoms with Crippen LogP contribution < -0.4 is 5.32 Å². The average molecular weight is 249 g/mol. The zero-order valence-electron chi connectivity index (χ0n) is 12.2. The standard InChI is InChI=1S/C16H27NO/c1-5-8-14-9-7-10-15(11-14)16(17-6-2)12-18-13(3)4/h7,9-11,13,16-17H,5-6,8,12H2,1-4H3. The van der Waals surface area contributed by atoms with Gasteiger partial charge in [-0.25, -0.2) is 0 Å². The van der Waals surface area contributed by atoms with Gasteiger partial charge in [-0.05, 0) is 37.9 Å². The first kappa shape index (κ1) is 15.2. The Morgan fingerprint density at radius 2 is 2.00 bits per heavy atom. The number of nitrogens with one attached hydrogen (secondary N) is 1. The quantitative estimate of drug-likeness (QED) is 0.758. The van der Waals surface area contributed by atoms with Gasteiger partial charge in [0.1, 0.15) is 0 Å². The van der Waals surface area contributed by atoms with Crippen LogP contribution in [-0.4, -0.2) is 19.3 Å². The molecular formula is C16H27NO. The third-order valence-corrected chi connectivity index (χ3v) is 2.94. The zero-order chi connectivity index (χ0) is 13.4. The lowest BCUT2D eigenvalue weighted by molar-refractivity contribution is 0.0614. The summed E-state index contributed by atoms with van der Waals surface area (Å²) in [6.07, 6.45) is 2.63. The van der Waals surface area contributed by atoms with E-state index in [0.29, 0.717) is 6.04 Å². The lowest BCUT2D eigenvalue weighted by Gasteiger charge is -2.20. The van der Waals surface area contributed by atoms with E-state index in [2.05, 4.69) is 57.3 Å². The number of aryl methyl sites for hydroxylation is 1. The van der Waals surface area contributed by atoms with Gasteiger partial charge in [0, 0.05) is 0 Å². The predicted octanol–water partition coefficient (Wildman–Crippen LogP) is 3.71. The van der Waals surface area contributed by atoms with Crippen molar-refractivity contribution in [1.29, 1.82) is 0 Å². The highest BCUT2D eigenvalue weighted by Crippen LogP contribution is 2.17. The Kier molecular flexibility index (Phi) is 6.99. The molecule has 2 heteroatoms. The largest absolute Gasteiger partial charge is 0.377 e. The van der Waals surface area contributed by atoms with E-state index in [1.807, 2.05) is 0 Å². The number of hydrogen-bond acceptors (Lipinski definition) is 2. The van der Waals surface area contributed by atoms with Crippen molar-refractivity contribution in [3.8, 4) is 0 Å².